The second-order valence-electron chi connectivity index (χ2n) is 13.0. The number of amides is 3. The second-order valence-corrected chi connectivity index (χ2v) is 14.9. The van der Waals surface area contributed by atoms with Crippen molar-refractivity contribution in [2.75, 3.05) is 31.7 Å². The van der Waals surface area contributed by atoms with E-state index in [1.54, 1.807) is 57.9 Å². The smallest absolute Gasteiger partial charge is 0.251 e. The Labute approximate surface area is 287 Å². The van der Waals surface area contributed by atoms with Crippen LogP contribution in [0.1, 0.15) is 36.9 Å². The van der Waals surface area contributed by atoms with Gasteiger partial charge in [0.15, 0.2) is 0 Å². The maximum absolute atomic E-state index is 15.1. The molecule has 3 fully saturated rings. The summed E-state index contributed by atoms with van der Waals surface area (Å²) in [5, 5.41) is 10.9. The van der Waals surface area contributed by atoms with Gasteiger partial charge in [-0.2, -0.15) is 0 Å². The van der Waals surface area contributed by atoms with Crippen LogP contribution in [-0.4, -0.2) is 75.0 Å². The molecule has 0 saturated carbocycles. The molecule has 3 saturated heterocycles. The number of likely N-dealkylation sites (tertiary alicyclic amines) is 1. The fourth-order valence-corrected chi connectivity index (χ4v) is 10.5. The number of aliphatic hydroxyl groups is 1. The van der Waals surface area contributed by atoms with Gasteiger partial charge < -0.3 is 24.5 Å². The zero-order valence-corrected chi connectivity index (χ0v) is 28.4. The number of hydrogen-bond donors (Lipinski definition) is 1. The maximum Gasteiger partial charge on any atom is 0.251 e. The largest absolute Gasteiger partial charge is 0.497 e. The van der Waals surface area contributed by atoms with Gasteiger partial charge in [-0.3, -0.25) is 14.4 Å². The van der Waals surface area contributed by atoms with Crippen LogP contribution < -0.4 is 9.64 Å². The predicted molar refractivity (Wildman–Crippen MR) is 189 cm³/mol. The Kier molecular flexibility index (Phi) is 9.54. The van der Waals surface area contributed by atoms with Crippen LogP contribution in [0.25, 0.3) is 0 Å². The van der Waals surface area contributed by atoms with Crippen LogP contribution in [0.2, 0.25) is 0 Å². The number of aliphatic hydroxyl groups excluding tert-OH is 1. The molecule has 9 heteroatoms. The first kappa shape index (κ1) is 33.6. The third-order valence-electron chi connectivity index (χ3n) is 10.2. The van der Waals surface area contributed by atoms with Crippen molar-refractivity contribution in [2.45, 2.75) is 47.9 Å². The SMILES string of the molecule is C=CCN(Cc1ccccc1)C(=O)[C@@H]1[C@H]2C(=O)N([C@H](CO)c3ccccc3)C(C(=O)N(CC=C)c3ccc(OC)cc3)C23CC[C@@]1(C)S3. The summed E-state index contributed by atoms with van der Waals surface area (Å²) >= 11 is 1.62. The van der Waals surface area contributed by atoms with Gasteiger partial charge in [-0.25, -0.2) is 0 Å². The molecule has 1 N–H and O–H groups in total. The molecule has 48 heavy (non-hydrogen) atoms. The van der Waals surface area contributed by atoms with Crippen molar-refractivity contribution in [1.82, 2.24) is 9.80 Å². The van der Waals surface area contributed by atoms with Gasteiger partial charge in [0.05, 0.1) is 36.3 Å². The molecule has 0 aliphatic carbocycles. The highest BCUT2D eigenvalue weighted by Crippen LogP contribution is 2.72. The number of carbonyl (C=O) groups excluding carboxylic acids is 3. The topological polar surface area (TPSA) is 90.4 Å². The molecule has 3 aromatic rings. The average Bonchev–Trinajstić information content (AvgIpc) is 3.68. The molecular formula is C39H43N3O5S. The number of hydrogen-bond acceptors (Lipinski definition) is 6. The zero-order chi connectivity index (χ0) is 34.1. The lowest BCUT2D eigenvalue weighted by molar-refractivity contribution is -0.146. The Morgan fingerprint density at radius 3 is 2.23 bits per heavy atom. The van der Waals surface area contributed by atoms with Gasteiger partial charge in [-0.15, -0.1) is 24.9 Å². The van der Waals surface area contributed by atoms with Crippen molar-refractivity contribution in [3.8, 4) is 5.75 Å². The Morgan fingerprint density at radius 2 is 1.62 bits per heavy atom. The minimum Gasteiger partial charge on any atom is -0.497 e. The molecule has 6 rings (SSSR count). The minimum absolute atomic E-state index is 0.111. The van der Waals surface area contributed by atoms with Gasteiger partial charge >= 0.3 is 0 Å². The number of fused-ring (bicyclic) bond motifs is 1. The number of ether oxygens (including phenoxy) is 1. The summed E-state index contributed by atoms with van der Waals surface area (Å²) in [6.45, 7) is 10.5. The molecule has 250 valence electrons. The normalized spacial score (nSPS) is 26.1. The first-order chi connectivity index (χ1) is 23.2. The molecule has 3 heterocycles. The highest BCUT2D eigenvalue weighted by atomic mass is 32.2. The van der Waals surface area contributed by atoms with Gasteiger partial charge in [0, 0.05) is 30.1 Å². The molecule has 0 aromatic heterocycles. The Bertz CT molecular complexity index is 1670. The van der Waals surface area contributed by atoms with E-state index in [9.17, 15) is 9.90 Å². The van der Waals surface area contributed by atoms with E-state index in [1.165, 1.54) is 0 Å². The second kappa shape index (κ2) is 13.6. The summed E-state index contributed by atoms with van der Waals surface area (Å²) in [5.74, 6) is -1.38. The van der Waals surface area contributed by atoms with Crippen molar-refractivity contribution >= 4 is 35.2 Å². The standard InChI is InChI=1S/C39H43N3O5S/c1-5-23-40(25-27-13-9-7-10-14-27)35(44)32-33-36(45)42(31(26-43)28-15-11-8-12-16-28)34(39(33)22-21-38(32,3)48-39)37(46)41(24-6-2)29-17-19-30(47-4)20-18-29/h5-20,31-34,43H,1-2,21-26H2,3-4H3/t31-,32+,33+,34?,38-,39?/m1/s1. The summed E-state index contributed by atoms with van der Waals surface area (Å²) in [5.41, 5.74) is 2.36. The van der Waals surface area contributed by atoms with E-state index in [0.29, 0.717) is 37.4 Å². The van der Waals surface area contributed by atoms with Crippen LogP contribution in [0.5, 0.6) is 5.75 Å². The van der Waals surface area contributed by atoms with Crippen LogP contribution in [0.3, 0.4) is 0 Å². The fourth-order valence-electron chi connectivity index (χ4n) is 8.13. The third-order valence-corrected chi connectivity index (χ3v) is 12.2. The Balaban J connectivity index is 1.46. The van der Waals surface area contributed by atoms with E-state index in [-0.39, 0.29) is 30.9 Å². The summed E-state index contributed by atoms with van der Waals surface area (Å²) < 4.78 is 3.94. The van der Waals surface area contributed by atoms with Crippen LogP contribution >= 0.6 is 11.8 Å². The van der Waals surface area contributed by atoms with Crippen LogP contribution in [0.15, 0.2) is 110 Å². The molecule has 6 atom stereocenters. The van der Waals surface area contributed by atoms with Gasteiger partial charge in [0.1, 0.15) is 11.8 Å². The van der Waals surface area contributed by atoms with E-state index >= 15 is 9.59 Å². The van der Waals surface area contributed by atoms with Crippen molar-refractivity contribution in [2.24, 2.45) is 11.8 Å². The van der Waals surface area contributed by atoms with Crippen molar-refractivity contribution in [3.05, 3.63) is 121 Å². The molecular weight excluding hydrogens is 623 g/mol. The molecule has 2 bridgehead atoms. The summed E-state index contributed by atoms with van der Waals surface area (Å²) in [6.07, 6.45) is 4.66. The number of rotatable bonds is 13. The Morgan fingerprint density at radius 1 is 0.979 bits per heavy atom. The minimum atomic E-state index is -0.930. The quantitative estimate of drug-likeness (QED) is 0.238. The van der Waals surface area contributed by atoms with Crippen molar-refractivity contribution < 1.29 is 24.2 Å². The Hall–Kier alpha value is -4.34. The molecule has 3 aliphatic heterocycles. The first-order valence-electron chi connectivity index (χ1n) is 16.4. The summed E-state index contributed by atoms with van der Waals surface area (Å²) in [7, 11) is 1.59. The van der Waals surface area contributed by atoms with Crippen LogP contribution in [-0.2, 0) is 20.9 Å². The summed E-state index contributed by atoms with van der Waals surface area (Å²) in [4.78, 5) is 50.0. The highest BCUT2D eigenvalue weighted by Gasteiger charge is 2.78. The van der Waals surface area contributed by atoms with Crippen LogP contribution in [0, 0.1) is 11.8 Å². The van der Waals surface area contributed by atoms with Gasteiger partial charge in [0.2, 0.25) is 11.8 Å². The van der Waals surface area contributed by atoms with E-state index in [0.717, 1.165) is 11.1 Å². The van der Waals surface area contributed by atoms with Crippen LogP contribution in [0.4, 0.5) is 5.69 Å². The van der Waals surface area contributed by atoms with E-state index in [1.807, 2.05) is 72.8 Å². The van der Waals surface area contributed by atoms with Crippen molar-refractivity contribution in [3.63, 3.8) is 0 Å². The van der Waals surface area contributed by atoms with E-state index < -0.39 is 33.4 Å². The molecule has 3 aromatic carbocycles. The molecule has 1 spiro atoms. The fraction of sp³-hybridized carbons (Fsp3) is 0.359. The molecule has 3 amide bonds. The molecule has 3 aliphatic rings. The highest BCUT2D eigenvalue weighted by molar-refractivity contribution is 8.02. The summed E-state index contributed by atoms with van der Waals surface area (Å²) in [6, 6.07) is 24.7. The lowest BCUT2D eigenvalue weighted by Crippen LogP contribution is -2.56. The number of benzene rings is 3. The lowest BCUT2D eigenvalue weighted by Gasteiger charge is -2.39. The lowest BCUT2D eigenvalue weighted by atomic mass is 9.66. The molecule has 8 nitrogen and oxygen atoms in total. The van der Waals surface area contributed by atoms with Gasteiger partial charge in [0.25, 0.3) is 5.91 Å². The van der Waals surface area contributed by atoms with Gasteiger partial charge in [-0.05, 0) is 55.2 Å². The molecule has 2 unspecified atom stereocenters. The number of carbonyl (C=O) groups is 3. The maximum atomic E-state index is 15.1. The third kappa shape index (κ3) is 5.62. The van der Waals surface area contributed by atoms with Crippen molar-refractivity contribution in [1.29, 1.82) is 0 Å². The van der Waals surface area contributed by atoms with E-state index in [4.69, 9.17) is 4.74 Å². The number of nitrogens with zero attached hydrogens (tertiary/aromatic N) is 3. The number of thioether (sulfide) groups is 1. The monoisotopic (exact) mass is 665 g/mol. The zero-order valence-electron chi connectivity index (χ0n) is 27.5. The predicted octanol–water partition coefficient (Wildman–Crippen LogP) is 5.64. The number of methoxy groups -OCH3 is 1. The van der Waals surface area contributed by atoms with Gasteiger partial charge in [-0.1, -0.05) is 72.8 Å². The molecule has 0 radical (unpaired) electrons. The first-order valence-corrected chi connectivity index (χ1v) is 17.2. The van der Waals surface area contributed by atoms with E-state index in [2.05, 4.69) is 20.1 Å². The number of anilines is 1. The average molecular weight is 666 g/mol.